The van der Waals surface area contributed by atoms with Crippen molar-refractivity contribution in [2.75, 3.05) is 17.2 Å². The lowest BCUT2D eigenvalue weighted by Gasteiger charge is -2.09. The number of carbonyl (C=O) groups is 3. The molecule has 7 heteroatoms. The minimum atomic E-state index is -0.639. The monoisotopic (exact) mass is 360 g/mol. The Morgan fingerprint density at radius 2 is 1.72 bits per heavy atom. The maximum Gasteiger partial charge on any atom is 0.338 e. The van der Waals surface area contributed by atoms with Crippen molar-refractivity contribution >= 4 is 40.8 Å². The maximum absolute atomic E-state index is 11.9. The minimum Gasteiger partial charge on any atom is -0.452 e. The van der Waals surface area contributed by atoms with Crippen LogP contribution in [0.1, 0.15) is 22.8 Å². The zero-order valence-corrected chi connectivity index (χ0v) is 14.5. The Kier molecular flexibility index (Phi) is 6.14. The van der Waals surface area contributed by atoms with Crippen LogP contribution in [0.15, 0.2) is 42.5 Å². The first kappa shape index (κ1) is 18.5. The summed E-state index contributed by atoms with van der Waals surface area (Å²) in [5, 5.41) is 5.58. The second-order valence-electron chi connectivity index (χ2n) is 5.37. The third kappa shape index (κ3) is 5.61. The quantitative estimate of drug-likeness (QED) is 0.800. The van der Waals surface area contributed by atoms with Crippen LogP contribution in [0.4, 0.5) is 11.4 Å². The van der Waals surface area contributed by atoms with Crippen molar-refractivity contribution in [3.8, 4) is 0 Å². The molecule has 2 aromatic carbocycles. The highest BCUT2D eigenvalue weighted by Gasteiger charge is 2.11. The van der Waals surface area contributed by atoms with Gasteiger partial charge in [0.2, 0.25) is 5.91 Å². The molecule has 0 saturated heterocycles. The third-order valence-electron chi connectivity index (χ3n) is 3.17. The number of hydrogen-bond acceptors (Lipinski definition) is 4. The molecule has 2 N–H and O–H groups in total. The van der Waals surface area contributed by atoms with Crippen LogP contribution in [-0.2, 0) is 14.3 Å². The van der Waals surface area contributed by atoms with Crippen LogP contribution >= 0.6 is 11.6 Å². The van der Waals surface area contributed by atoms with Gasteiger partial charge in [-0.2, -0.15) is 0 Å². The van der Waals surface area contributed by atoms with Crippen LogP contribution in [0.2, 0.25) is 5.02 Å². The number of benzene rings is 2. The molecular weight excluding hydrogens is 344 g/mol. The van der Waals surface area contributed by atoms with Crippen molar-refractivity contribution in [3.63, 3.8) is 0 Å². The maximum atomic E-state index is 11.9. The summed E-state index contributed by atoms with van der Waals surface area (Å²) in [5.41, 5.74) is 2.26. The first-order chi connectivity index (χ1) is 11.8. The van der Waals surface area contributed by atoms with Gasteiger partial charge >= 0.3 is 5.97 Å². The van der Waals surface area contributed by atoms with Crippen LogP contribution in [-0.4, -0.2) is 24.4 Å². The van der Waals surface area contributed by atoms with Crippen molar-refractivity contribution in [3.05, 3.63) is 58.6 Å². The van der Waals surface area contributed by atoms with E-state index >= 15 is 0 Å². The van der Waals surface area contributed by atoms with E-state index in [1.165, 1.54) is 19.1 Å². The van der Waals surface area contributed by atoms with Gasteiger partial charge in [-0.05, 0) is 48.9 Å². The molecule has 0 aromatic heterocycles. The summed E-state index contributed by atoms with van der Waals surface area (Å²) in [6.45, 7) is 2.84. The number of aryl methyl sites for hydroxylation is 1. The summed E-state index contributed by atoms with van der Waals surface area (Å²) >= 11 is 6.03. The van der Waals surface area contributed by atoms with E-state index in [4.69, 9.17) is 16.3 Å². The Balaban J connectivity index is 1.88. The van der Waals surface area contributed by atoms with Crippen LogP contribution < -0.4 is 10.6 Å². The van der Waals surface area contributed by atoms with Gasteiger partial charge in [0.25, 0.3) is 5.91 Å². The van der Waals surface area contributed by atoms with Gasteiger partial charge in [-0.1, -0.05) is 17.7 Å². The van der Waals surface area contributed by atoms with Crippen LogP contribution in [0, 0.1) is 6.92 Å². The molecule has 130 valence electrons. The fourth-order valence-electron chi connectivity index (χ4n) is 2.02. The van der Waals surface area contributed by atoms with E-state index in [0.29, 0.717) is 16.4 Å². The third-order valence-corrected chi connectivity index (χ3v) is 3.49. The van der Waals surface area contributed by atoms with Gasteiger partial charge in [0.05, 0.1) is 16.3 Å². The van der Waals surface area contributed by atoms with Crippen molar-refractivity contribution in [2.24, 2.45) is 0 Å². The van der Waals surface area contributed by atoms with Gasteiger partial charge in [0, 0.05) is 12.6 Å². The fraction of sp³-hybridized carbons (Fsp3) is 0.167. The number of hydrogen-bond donors (Lipinski definition) is 2. The lowest BCUT2D eigenvalue weighted by atomic mass is 10.2. The Bertz CT molecular complexity index is 803. The van der Waals surface area contributed by atoms with Crippen molar-refractivity contribution in [1.82, 2.24) is 0 Å². The average molecular weight is 361 g/mol. The van der Waals surface area contributed by atoms with Gasteiger partial charge in [0.15, 0.2) is 6.61 Å². The highest BCUT2D eigenvalue weighted by molar-refractivity contribution is 6.33. The predicted octanol–water partition coefficient (Wildman–Crippen LogP) is 3.40. The van der Waals surface area contributed by atoms with E-state index in [-0.39, 0.29) is 11.5 Å². The van der Waals surface area contributed by atoms with Crippen LogP contribution in [0.3, 0.4) is 0 Å². The van der Waals surface area contributed by atoms with E-state index in [1.807, 2.05) is 13.0 Å². The number of ether oxygens (including phenoxy) is 1. The zero-order valence-electron chi connectivity index (χ0n) is 13.8. The van der Waals surface area contributed by atoms with Crippen molar-refractivity contribution in [1.29, 1.82) is 0 Å². The Hall–Kier alpha value is -2.86. The standard InChI is InChI=1S/C18H17ClN2O4/c1-11-3-8-16(15(19)9-11)21-17(23)10-25-18(24)13-4-6-14(7-5-13)20-12(2)22/h3-9H,10H2,1-2H3,(H,20,22)(H,21,23). The van der Waals surface area contributed by atoms with Crippen LogP contribution in [0.25, 0.3) is 0 Å². The highest BCUT2D eigenvalue weighted by Crippen LogP contribution is 2.22. The normalized spacial score (nSPS) is 10.0. The summed E-state index contributed by atoms with van der Waals surface area (Å²) in [6, 6.07) is 11.4. The first-order valence-electron chi connectivity index (χ1n) is 7.46. The molecule has 0 bridgehead atoms. The second-order valence-corrected chi connectivity index (χ2v) is 5.77. The average Bonchev–Trinajstić information content (AvgIpc) is 2.55. The second kappa shape index (κ2) is 8.30. The topological polar surface area (TPSA) is 84.5 Å². The summed E-state index contributed by atoms with van der Waals surface area (Å²) in [5.74, 6) is -1.34. The molecule has 0 unspecified atom stereocenters. The largest absolute Gasteiger partial charge is 0.452 e. The molecule has 0 fully saturated rings. The summed E-state index contributed by atoms with van der Waals surface area (Å²) in [6.07, 6.45) is 0. The molecule has 0 aliphatic rings. The number of nitrogens with one attached hydrogen (secondary N) is 2. The Morgan fingerprint density at radius 3 is 2.32 bits per heavy atom. The molecule has 2 rings (SSSR count). The number of anilines is 2. The smallest absolute Gasteiger partial charge is 0.338 e. The number of carbonyl (C=O) groups excluding carboxylic acids is 3. The number of rotatable bonds is 5. The molecule has 0 atom stereocenters. The molecule has 6 nitrogen and oxygen atoms in total. The van der Waals surface area contributed by atoms with E-state index in [1.54, 1.807) is 24.3 Å². The Morgan fingerprint density at radius 1 is 1.04 bits per heavy atom. The number of esters is 1. The SMILES string of the molecule is CC(=O)Nc1ccc(C(=O)OCC(=O)Nc2ccc(C)cc2Cl)cc1. The molecule has 0 radical (unpaired) electrons. The van der Waals surface area contributed by atoms with Gasteiger partial charge < -0.3 is 15.4 Å². The first-order valence-corrected chi connectivity index (χ1v) is 7.84. The molecule has 0 saturated carbocycles. The molecule has 25 heavy (non-hydrogen) atoms. The number of halogens is 1. The molecule has 0 heterocycles. The molecule has 2 aromatic rings. The van der Waals surface area contributed by atoms with E-state index in [2.05, 4.69) is 10.6 Å². The van der Waals surface area contributed by atoms with Crippen LogP contribution in [0.5, 0.6) is 0 Å². The fourth-order valence-corrected chi connectivity index (χ4v) is 2.30. The van der Waals surface area contributed by atoms with E-state index in [9.17, 15) is 14.4 Å². The highest BCUT2D eigenvalue weighted by atomic mass is 35.5. The molecule has 0 aliphatic carbocycles. The van der Waals surface area contributed by atoms with E-state index < -0.39 is 18.5 Å². The summed E-state index contributed by atoms with van der Waals surface area (Å²) < 4.78 is 4.97. The minimum absolute atomic E-state index is 0.207. The lowest BCUT2D eigenvalue weighted by Crippen LogP contribution is -2.21. The van der Waals surface area contributed by atoms with Gasteiger partial charge in [-0.25, -0.2) is 4.79 Å². The van der Waals surface area contributed by atoms with Gasteiger partial charge in [0.1, 0.15) is 0 Å². The Labute approximate surface area is 150 Å². The van der Waals surface area contributed by atoms with Crippen molar-refractivity contribution < 1.29 is 19.1 Å². The number of amides is 2. The lowest BCUT2D eigenvalue weighted by molar-refractivity contribution is -0.119. The molecule has 0 spiro atoms. The van der Waals surface area contributed by atoms with Gasteiger partial charge in [-0.3, -0.25) is 9.59 Å². The molecule has 2 amide bonds. The molecule has 0 aliphatic heterocycles. The summed E-state index contributed by atoms with van der Waals surface area (Å²) in [4.78, 5) is 34.7. The van der Waals surface area contributed by atoms with Crippen molar-refractivity contribution in [2.45, 2.75) is 13.8 Å². The molecular formula is C18H17ClN2O4. The predicted molar refractivity (Wildman–Crippen MR) is 95.8 cm³/mol. The zero-order chi connectivity index (χ0) is 18.4. The van der Waals surface area contributed by atoms with Gasteiger partial charge in [-0.15, -0.1) is 0 Å². The summed E-state index contributed by atoms with van der Waals surface area (Å²) in [7, 11) is 0. The van der Waals surface area contributed by atoms with E-state index in [0.717, 1.165) is 5.56 Å².